The third kappa shape index (κ3) is 3.64. The molecule has 98 valence electrons. The van der Waals surface area contributed by atoms with Crippen LogP contribution in [0.1, 0.15) is 6.42 Å². The Hall–Kier alpha value is -1.21. The summed E-state index contributed by atoms with van der Waals surface area (Å²) in [4.78, 5) is 23.7. The minimum Gasteiger partial charge on any atom is -0.370 e. The number of halogens is 1. The molecule has 6 nitrogen and oxygen atoms in total. The summed E-state index contributed by atoms with van der Waals surface area (Å²) in [7, 11) is 0. The molecule has 1 aliphatic heterocycles. The highest BCUT2D eigenvalue weighted by Gasteiger charge is 2.18. The Bertz CT molecular complexity index is 402. The summed E-state index contributed by atoms with van der Waals surface area (Å²) in [6.07, 6.45) is 3.93. The summed E-state index contributed by atoms with van der Waals surface area (Å²) in [6.45, 7) is 4.31. The molecule has 0 radical (unpaired) electrons. The normalized spacial score (nSPS) is 16.8. The Balaban J connectivity index is 1.83. The van der Waals surface area contributed by atoms with E-state index in [0.717, 1.165) is 43.1 Å². The van der Waals surface area contributed by atoms with Crippen LogP contribution in [0, 0.1) is 0 Å². The van der Waals surface area contributed by atoms with Gasteiger partial charge in [0, 0.05) is 51.5 Å². The number of anilines is 1. The highest BCUT2D eigenvalue weighted by atomic mass is 79.9. The second-order valence-electron chi connectivity index (χ2n) is 4.25. The van der Waals surface area contributed by atoms with Gasteiger partial charge in [-0.25, -0.2) is 9.97 Å². The van der Waals surface area contributed by atoms with Crippen molar-refractivity contribution in [2.45, 2.75) is 6.42 Å². The predicted octanol–water partition coefficient (Wildman–Crippen LogP) is 0.237. The fourth-order valence-corrected chi connectivity index (χ4v) is 2.11. The zero-order valence-electron chi connectivity index (χ0n) is 10.0. The fraction of sp³-hybridized carbons (Fsp3) is 0.545. The molecule has 0 aliphatic carbocycles. The van der Waals surface area contributed by atoms with Crippen LogP contribution in [0.5, 0.6) is 0 Å². The van der Waals surface area contributed by atoms with Crippen molar-refractivity contribution in [1.82, 2.24) is 14.9 Å². The quantitative estimate of drug-likeness (QED) is 0.861. The first-order valence-electron chi connectivity index (χ1n) is 5.88. The van der Waals surface area contributed by atoms with Gasteiger partial charge in [-0.2, -0.15) is 0 Å². The Morgan fingerprint density at radius 1 is 1.28 bits per heavy atom. The Kier molecular flexibility index (Phi) is 4.48. The van der Waals surface area contributed by atoms with E-state index in [9.17, 15) is 4.79 Å². The van der Waals surface area contributed by atoms with Crippen molar-refractivity contribution in [2.24, 2.45) is 5.73 Å². The summed E-state index contributed by atoms with van der Waals surface area (Å²) in [5.74, 6) is 0.515. The maximum atomic E-state index is 10.7. The van der Waals surface area contributed by atoms with Gasteiger partial charge in [0.25, 0.3) is 0 Å². The van der Waals surface area contributed by atoms with Crippen LogP contribution in [-0.2, 0) is 4.79 Å². The summed E-state index contributed by atoms with van der Waals surface area (Å²) < 4.78 is 0.881. The topological polar surface area (TPSA) is 75.4 Å². The molecule has 1 fully saturated rings. The lowest BCUT2D eigenvalue weighted by Gasteiger charge is -2.34. The van der Waals surface area contributed by atoms with Crippen molar-refractivity contribution in [3.8, 4) is 0 Å². The van der Waals surface area contributed by atoms with Crippen molar-refractivity contribution < 1.29 is 4.79 Å². The van der Waals surface area contributed by atoms with E-state index in [2.05, 4.69) is 35.7 Å². The summed E-state index contributed by atoms with van der Waals surface area (Å²) in [5, 5.41) is 0. The van der Waals surface area contributed by atoms with Crippen LogP contribution >= 0.6 is 15.9 Å². The van der Waals surface area contributed by atoms with Crippen LogP contribution in [0.2, 0.25) is 0 Å². The molecule has 0 spiro atoms. The third-order valence-corrected chi connectivity index (χ3v) is 3.35. The first-order valence-corrected chi connectivity index (χ1v) is 6.67. The zero-order valence-corrected chi connectivity index (χ0v) is 11.6. The molecular weight excluding hydrogens is 298 g/mol. The maximum absolute atomic E-state index is 10.7. The van der Waals surface area contributed by atoms with Gasteiger partial charge in [-0.05, 0) is 15.9 Å². The van der Waals surface area contributed by atoms with Crippen LogP contribution in [0.4, 0.5) is 5.95 Å². The van der Waals surface area contributed by atoms with E-state index >= 15 is 0 Å². The van der Waals surface area contributed by atoms with Crippen LogP contribution in [0.15, 0.2) is 16.9 Å². The summed E-state index contributed by atoms with van der Waals surface area (Å²) >= 11 is 3.32. The van der Waals surface area contributed by atoms with Gasteiger partial charge in [-0.15, -0.1) is 0 Å². The minimum atomic E-state index is -0.242. The zero-order chi connectivity index (χ0) is 13.0. The highest BCUT2D eigenvalue weighted by molar-refractivity contribution is 9.10. The minimum absolute atomic E-state index is 0.242. The number of hydrogen-bond acceptors (Lipinski definition) is 5. The molecule has 18 heavy (non-hydrogen) atoms. The van der Waals surface area contributed by atoms with E-state index in [4.69, 9.17) is 5.73 Å². The van der Waals surface area contributed by atoms with E-state index in [1.54, 1.807) is 12.4 Å². The van der Waals surface area contributed by atoms with Crippen LogP contribution in [-0.4, -0.2) is 53.5 Å². The molecule has 2 heterocycles. The number of primary amides is 1. The first-order chi connectivity index (χ1) is 8.65. The second-order valence-corrected chi connectivity index (χ2v) is 5.16. The lowest BCUT2D eigenvalue weighted by atomic mass is 10.3. The van der Waals surface area contributed by atoms with Crippen molar-refractivity contribution in [3.05, 3.63) is 16.9 Å². The number of piperazine rings is 1. The SMILES string of the molecule is NC(=O)CCN1CCN(c2ncc(Br)cn2)CC1. The van der Waals surface area contributed by atoms with E-state index in [-0.39, 0.29) is 5.91 Å². The Morgan fingerprint density at radius 2 is 1.89 bits per heavy atom. The molecule has 1 aromatic rings. The average molecular weight is 314 g/mol. The van der Waals surface area contributed by atoms with Crippen molar-refractivity contribution >= 4 is 27.8 Å². The van der Waals surface area contributed by atoms with Gasteiger partial charge in [-0.3, -0.25) is 9.69 Å². The number of hydrogen-bond donors (Lipinski definition) is 1. The molecule has 1 aromatic heterocycles. The number of carbonyl (C=O) groups excluding carboxylic acids is 1. The molecule has 0 bridgehead atoms. The van der Waals surface area contributed by atoms with E-state index in [0.29, 0.717) is 6.42 Å². The Labute approximate surface area is 114 Å². The number of carbonyl (C=O) groups is 1. The lowest BCUT2D eigenvalue weighted by molar-refractivity contribution is -0.118. The molecule has 0 saturated carbocycles. The molecule has 2 N–H and O–H groups in total. The third-order valence-electron chi connectivity index (χ3n) is 2.94. The van der Waals surface area contributed by atoms with Crippen LogP contribution < -0.4 is 10.6 Å². The van der Waals surface area contributed by atoms with Gasteiger partial charge in [-0.1, -0.05) is 0 Å². The molecule has 1 aliphatic rings. The van der Waals surface area contributed by atoms with E-state index in [1.165, 1.54) is 0 Å². The molecule has 1 amide bonds. The monoisotopic (exact) mass is 313 g/mol. The molecule has 7 heteroatoms. The van der Waals surface area contributed by atoms with Gasteiger partial charge in [0.1, 0.15) is 0 Å². The van der Waals surface area contributed by atoms with Gasteiger partial charge in [0.05, 0.1) is 4.47 Å². The van der Waals surface area contributed by atoms with Crippen LogP contribution in [0.25, 0.3) is 0 Å². The van der Waals surface area contributed by atoms with E-state index in [1.807, 2.05) is 0 Å². The van der Waals surface area contributed by atoms with E-state index < -0.39 is 0 Å². The molecule has 0 unspecified atom stereocenters. The number of nitrogens with two attached hydrogens (primary N) is 1. The predicted molar refractivity (Wildman–Crippen MR) is 72.2 cm³/mol. The van der Waals surface area contributed by atoms with Crippen LogP contribution in [0.3, 0.4) is 0 Å². The summed E-state index contributed by atoms with van der Waals surface area (Å²) in [5.41, 5.74) is 5.14. The average Bonchev–Trinajstić information content (AvgIpc) is 2.38. The number of aromatic nitrogens is 2. The molecule has 0 atom stereocenters. The number of nitrogens with zero attached hydrogens (tertiary/aromatic N) is 4. The molecule has 2 rings (SSSR count). The fourth-order valence-electron chi connectivity index (χ4n) is 1.91. The van der Waals surface area contributed by atoms with Gasteiger partial charge >= 0.3 is 0 Å². The summed E-state index contributed by atoms with van der Waals surface area (Å²) in [6, 6.07) is 0. The number of rotatable bonds is 4. The van der Waals surface area contributed by atoms with Crippen molar-refractivity contribution in [2.75, 3.05) is 37.6 Å². The molecule has 1 saturated heterocycles. The standard InChI is InChI=1S/C11H16BrN5O/c12-9-7-14-11(15-8-9)17-5-3-16(4-6-17)2-1-10(13)18/h7-8H,1-6H2,(H2,13,18). The van der Waals surface area contributed by atoms with Crippen molar-refractivity contribution in [3.63, 3.8) is 0 Å². The van der Waals surface area contributed by atoms with Gasteiger partial charge in [0.15, 0.2) is 0 Å². The maximum Gasteiger partial charge on any atom is 0.225 e. The van der Waals surface area contributed by atoms with Gasteiger partial charge in [0.2, 0.25) is 11.9 Å². The smallest absolute Gasteiger partial charge is 0.225 e. The highest BCUT2D eigenvalue weighted by Crippen LogP contribution is 2.13. The Morgan fingerprint density at radius 3 is 2.44 bits per heavy atom. The van der Waals surface area contributed by atoms with Crippen molar-refractivity contribution in [1.29, 1.82) is 0 Å². The second kappa shape index (κ2) is 6.10. The lowest BCUT2D eigenvalue weighted by Crippen LogP contribution is -2.47. The van der Waals surface area contributed by atoms with Gasteiger partial charge < -0.3 is 10.6 Å². The number of amides is 1. The molecular formula is C11H16BrN5O. The first kappa shape index (κ1) is 13.2. The largest absolute Gasteiger partial charge is 0.370 e. The molecule has 0 aromatic carbocycles.